The van der Waals surface area contributed by atoms with Gasteiger partial charge >= 0.3 is 0 Å². The average Bonchev–Trinajstić information content (AvgIpc) is 2.71. The van der Waals surface area contributed by atoms with E-state index in [0.717, 1.165) is 23.4 Å². The normalized spacial score (nSPS) is 13.0. The van der Waals surface area contributed by atoms with Crippen LogP contribution in [0.5, 0.6) is 0 Å². The van der Waals surface area contributed by atoms with Gasteiger partial charge in [-0.15, -0.1) is 0 Å². The molecule has 1 aromatic carbocycles. The van der Waals surface area contributed by atoms with Crippen molar-refractivity contribution in [3.63, 3.8) is 0 Å². The van der Waals surface area contributed by atoms with Gasteiger partial charge in [0.05, 0.1) is 11.0 Å². The highest BCUT2D eigenvalue weighted by atomic mass is 15.2. The monoisotopic (exact) mass is 217 g/mol. The standard InChI is InChI=1S/C13H19N3/c1-5-9(2)10-7-6-8-11-12(10)15-13(14-11)16(3)4/h6-9H,5H2,1-4H3,(H,14,15). The first-order valence-electron chi connectivity index (χ1n) is 5.79. The molecule has 0 saturated carbocycles. The Morgan fingerprint density at radius 3 is 2.75 bits per heavy atom. The Morgan fingerprint density at radius 1 is 1.38 bits per heavy atom. The predicted molar refractivity (Wildman–Crippen MR) is 69.1 cm³/mol. The van der Waals surface area contributed by atoms with Gasteiger partial charge in [0, 0.05) is 14.1 Å². The van der Waals surface area contributed by atoms with Crippen molar-refractivity contribution in [1.29, 1.82) is 0 Å². The van der Waals surface area contributed by atoms with Crippen LogP contribution in [-0.2, 0) is 0 Å². The summed E-state index contributed by atoms with van der Waals surface area (Å²) in [5, 5.41) is 0. The van der Waals surface area contributed by atoms with E-state index in [1.807, 2.05) is 19.0 Å². The molecule has 1 atom stereocenters. The summed E-state index contributed by atoms with van der Waals surface area (Å²) < 4.78 is 0. The number of benzene rings is 1. The zero-order valence-electron chi connectivity index (χ0n) is 10.4. The van der Waals surface area contributed by atoms with Crippen LogP contribution in [0.4, 0.5) is 5.95 Å². The molecule has 0 aliphatic carbocycles. The molecule has 16 heavy (non-hydrogen) atoms. The minimum atomic E-state index is 0.557. The summed E-state index contributed by atoms with van der Waals surface area (Å²) in [7, 11) is 4.00. The Kier molecular flexibility index (Phi) is 2.86. The van der Waals surface area contributed by atoms with Crippen LogP contribution in [0.2, 0.25) is 0 Å². The van der Waals surface area contributed by atoms with Gasteiger partial charge < -0.3 is 9.88 Å². The highest BCUT2D eigenvalue weighted by Crippen LogP contribution is 2.27. The third-order valence-electron chi connectivity index (χ3n) is 3.10. The number of nitrogens with zero attached hydrogens (tertiary/aromatic N) is 2. The minimum Gasteiger partial charge on any atom is -0.349 e. The van der Waals surface area contributed by atoms with E-state index >= 15 is 0 Å². The summed E-state index contributed by atoms with van der Waals surface area (Å²) in [5.41, 5.74) is 3.58. The van der Waals surface area contributed by atoms with Gasteiger partial charge in [-0.1, -0.05) is 26.0 Å². The summed E-state index contributed by atoms with van der Waals surface area (Å²) in [5.74, 6) is 1.48. The van der Waals surface area contributed by atoms with Crippen LogP contribution < -0.4 is 4.90 Å². The van der Waals surface area contributed by atoms with E-state index in [-0.39, 0.29) is 0 Å². The molecule has 0 bridgehead atoms. The first-order valence-corrected chi connectivity index (χ1v) is 5.79. The third-order valence-corrected chi connectivity index (χ3v) is 3.10. The van der Waals surface area contributed by atoms with E-state index < -0.39 is 0 Å². The van der Waals surface area contributed by atoms with Gasteiger partial charge in [-0.25, -0.2) is 4.98 Å². The van der Waals surface area contributed by atoms with Gasteiger partial charge in [0.15, 0.2) is 0 Å². The maximum atomic E-state index is 4.65. The van der Waals surface area contributed by atoms with Gasteiger partial charge in [0.2, 0.25) is 5.95 Å². The second-order valence-electron chi connectivity index (χ2n) is 4.51. The molecule has 1 unspecified atom stereocenters. The Labute approximate surface area is 96.5 Å². The van der Waals surface area contributed by atoms with Crippen molar-refractivity contribution in [2.45, 2.75) is 26.2 Å². The summed E-state index contributed by atoms with van der Waals surface area (Å²) in [6, 6.07) is 6.36. The van der Waals surface area contributed by atoms with Crippen molar-refractivity contribution < 1.29 is 0 Å². The van der Waals surface area contributed by atoms with Gasteiger partial charge in [0.25, 0.3) is 0 Å². The quantitative estimate of drug-likeness (QED) is 0.856. The largest absolute Gasteiger partial charge is 0.349 e. The molecule has 0 saturated heterocycles. The Bertz CT molecular complexity index is 485. The highest BCUT2D eigenvalue weighted by Gasteiger charge is 2.11. The molecule has 1 N–H and O–H groups in total. The molecule has 0 aliphatic heterocycles. The van der Waals surface area contributed by atoms with E-state index in [1.165, 1.54) is 5.56 Å². The van der Waals surface area contributed by atoms with E-state index in [1.54, 1.807) is 0 Å². The SMILES string of the molecule is CCC(C)c1cccc2[nH]c(N(C)C)nc12. The van der Waals surface area contributed by atoms with Gasteiger partial charge in [-0.3, -0.25) is 0 Å². The molecule has 2 aromatic rings. The molecular formula is C13H19N3. The Hall–Kier alpha value is -1.51. The second-order valence-corrected chi connectivity index (χ2v) is 4.51. The van der Waals surface area contributed by atoms with Crippen LogP contribution in [0.15, 0.2) is 18.2 Å². The van der Waals surface area contributed by atoms with Crippen molar-refractivity contribution in [2.75, 3.05) is 19.0 Å². The third kappa shape index (κ3) is 1.77. The molecule has 86 valence electrons. The molecule has 0 aliphatic rings. The number of fused-ring (bicyclic) bond motifs is 1. The van der Waals surface area contributed by atoms with Crippen molar-refractivity contribution in [3.05, 3.63) is 23.8 Å². The summed E-state index contributed by atoms with van der Waals surface area (Å²) in [4.78, 5) is 9.98. The molecule has 3 nitrogen and oxygen atoms in total. The van der Waals surface area contributed by atoms with E-state index in [9.17, 15) is 0 Å². The fourth-order valence-corrected chi connectivity index (χ4v) is 1.87. The summed E-state index contributed by atoms with van der Waals surface area (Å²) in [6.45, 7) is 4.46. The average molecular weight is 217 g/mol. The number of para-hydroxylation sites is 1. The van der Waals surface area contributed by atoms with Gasteiger partial charge in [-0.05, 0) is 24.0 Å². The van der Waals surface area contributed by atoms with Crippen LogP contribution in [0.25, 0.3) is 11.0 Å². The minimum absolute atomic E-state index is 0.557. The van der Waals surface area contributed by atoms with Crippen LogP contribution in [0.3, 0.4) is 0 Å². The zero-order valence-corrected chi connectivity index (χ0v) is 10.4. The lowest BCUT2D eigenvalue weighted by atomic mass is 9.97. The number of anilines is 1. The van der Waals surface area contributed by atoms with Crippen molar-refractivity contribution in [1.82, 2.24) is 9.97 Å². The number of rotatable bonds is 3. The first-order chi connectivity index (χ1) is 7.63. The number of hydrogen-bond acceptors (Lipinski definition) is 2. The fraction of sp³-hybridized carbons (Fsp3) is 0.462. The molecule has 0 fully saturated rings. The molecule has 0 radical (unpaired) electrons. The first kappa shape index (κ1) is 11.0. The lowest BCUT2D eigenvalue weighted by molar-refractivity contribution is 0.738. The lowest BCUT2D eigenvalue weighted by Gasteiger charge is -2.09. The maximum Gasteiger partial charge on any atom is 0.203 e. The number of nitrogens with one attached hydrogen (secondary N) is 1. The van der Waals surface area contributed by atoms with Crippen molar-refractivity contribution >= 4 is 17.0 Å². The van der Waals surface area contributed by atoms with Crippen LogP contribution >= 0.6 is 0 Å². The summed E-state index contributed by atoms with van der Waals surface area (Å²) >= 11 is 0. The number of aromatic amines is 1. The number of H-pyrrole nitrogens is 1. The highest BCUT2D eigenvalue weighted by molar-refractivity contribution is 5.81. The van der Waals surface area contributed by atoms with Crippen molar-refractivity contribution in [2.24, 2.45) is 0 Å². The van der Waals surface area contributed by atoms with E-state index in [4.69, 9.17) is 0 Å². The van der Waals surface area contributed by atoms with Crippen molar-refractivity contribution in [3.8, 4) is 0 Å². The molecule has 0 spiro atoms. The van der Waals surface area contributed by atoms with Gasteiger partial charge in [0.1, 0.15) is 0 Å². The van der Waals surface area contributed by atoms with E-state index in [2.05, 4.69) is 42.0 Å². The molecular weight excluding hydrogens is 198 g/mol. The molecule has 1 heterocycles. The lowest BCUT2D eigenvalue weighted by Crippen LogP contribution is -2.10. The maximum absolute atomic E-state index is 4.65. The van der Waals surface area contributed by atoms with Crippen LogP contribution in [0.1, 0.15) is 31.7 Å². The van der Waals surface area contributed by atoms with Crippen LogP contribution in [-0.4, -0.2) is 24.1 Å². The van der Waals surface area contributed by atoms with E-state index in [0.29, 0.717) is 5.92 Å². The number of hydrogen-bond donors (Lipinski definition) is 1. The Balaban J connectivity index is 2.58. The fourth-order valence-electron chi connectivity index (χ4n) is 1.87. The zero-order chi connectivity index (χ0) is 11.7. The molecule has 1 aromatic heterocycles. The summed E-state index contributed by atoms with van der Waals surface area (Å²) in [6.07, 6.45) is 1.14. The molecule has 0 amide bonds. The number of imidazole rings is 1. The number of aromatic nitrogens is 2. The molecule has 2 rings (SSSR count). The molecule has 3 heteroatoms. The second kappa shape index (κ2) is 4.16. The smallest absolute Gasteiger partial charge is 0.203 e. The predicted octanol–water partition coefficient (Wildman–Crippen LogP) is 3.14. The van der Waals surface area contributed by atoms with Crippen LogP contribution in [0, 0.1) is 0 Å². The van der Waals surface area contributed by atoms with Gasteiger partial charge in [-0.2, -0.15) is 0 Å². The topological polar surface area (TPSA) is 31.9 Å². The Morgan fingerprint density at radius 2 is 2.12 bits per heavy atom.